The second kappa shape index (κ2) is 2.61. The molecule has 0 aromatic heterocycles. The average Bonchev–Trinajstić information content (AvgIpc) is 1.69. The van der Waals surface area contributed by atoms with Gasteiger partial charge in [-0.1, -0.05) is 0 Å². The van der Waals surface area contributed by atoms with Crippen molar-refractivity contribution < 1.29 is 11.9 Å². The summed E-state index contributed by atoms with van der Waals surface area (Å²) in [5.74, 6) is 0. The van der Waals surface area contributed by atoms with Gasteiger partial charge in [-0.05, 0) is 6.42 Å². The van der Waals surface area contributed by atoms with E-state index in [0.717, 1.165) is 19.6 Å². The van der Waals surface area contributed by atoms with Crippen molar-refractivity contribution in [2.75, 3.05) is 19.9 Å². The van der Waals surface area contributed by atoms with Crippen LogP contribution in [0.25, 0.3) is 0 Å². The third-order valence-electron chi connectivity index (χ3n) is 0.835. The van der Waals surface area contributed by atoms with Gasteiger partial charge in [0.25, 0.3) is 0 Å². The minimum atomic E-state index is -0.492. The minimum Gasteiger partial charge on any atom is -0.334 e. The maximum absolute atomic E-state index is 5.12. The molecule has 0 aromatic carbocycles. The molecule has 3 heteroatoms. The molecule has 1 saturated heterocycles. The molecule has 1 aliphatic rings. The van der Waals surface area contributed by atoms with Gasteiger partial charge in [0.1, 0.15) is 0 Å². The summed E-state index contributed by atoms with van der Waals surface area (Å²) in [5, 5.41) is 0. The highest BCUT2D eigenvalue weighted by Gasteiger charge is 2.06. The molecule has 1 fully saturated rings. The molecule has 0 unspecified atom stereocenters. The molecule has 0 amide bonds. The molecular formula is C4H13O2P. The van der Waals surface area contributed by atoms with Gasteiger partial charge in [0.15, 0.2) is 8.38 Å². The molecule has 0 bridgehead atoms. The van der Waals surface area contributed by atoms with Crippen LogP contribution in [0.3, 0.4) is 0 Å². The predicted octanol–water partition coefficient (Wildman–Crippen LogP) is 1.86. The molecule has 7 heavy (non-hydrogen) atoms. The summed E-state index contributed by atoms with van der Waals surface area (Å²) in [6, 6.07) is 0. The maximum Gasteiger partial charge on any atom is 0.167 e. The molecule has 0 radical (unpaired) electrons. The quantitative estimate of drug-likeness (QED) is 0.459. The third kappa shape index (κ3) is 1.72. The molecule has 1 heterocycles. The van der Waals surface area contributed by atoms with Gasteiger partial charge in [-0.2, -0.15) is 0 Å². The van der Waals surface area contributed by atoms with Crippen molar-refractivity contribution in [3.05, 3.63) is 0 Å². The van der Waals surface area contributed by atoms with E-state index < -0.39 is 8.38 Å². The van der Waals surface area contributed by atoms with Crippen LogP contribution >= 0.6 is 8.38 Å². The highest BCUT2D eigenvalue weighted by atomic mass is 31.2. The highest BCUT2D eigenvalue weighted by Crippen LogP contribution is 2.36. The second-order valence-electron chi connectivity index (χ2n) is 1.46. The average molecular weight is 124 g/mol. The van der Waals surface area contributed by atoms with Crippen LogP contribution in [0.1, 0.15) is 9.27 Å². The summed E-state index contributed by atoms with van der Waals surface area (Å²) in [6.07, 6.45) is 1.06. The third-order valence-corrected chi connectivity index (χ3v) is 1.93. The van der Waals surface area contributed by atoms with E-state index in [0.29, 0.717) is 0 Å². The van der Waals surface area contributed by atoms with Gasteiger partial charge >= 0.3 is 0 Å². The van der Waals surface area contributed by atoms with Crippen molar-refractivity contribution in [2.45, 2.75) is 6.42 Å². The zero-order chi connectivity index (χ0) is 5.11. The summed E-state index contributed by atoms with van der Waals surface area (Å²) < 4.78 is 10.2. The highest BCUT2D eigenvalue weighted by molar-refractivity contribution is 7.46. The normalized spacial score (nSPS) is 25.3. The van der Waals surface area contributed by atoms with E-state index in [1.165, 1.54) is 0 Å². The van der Waals surface area contributed by atoms with Crippen molar-refractivity contribution in [3.63, 3.8) is 0 Å². The van der Waals surface area contributed by atoms with Crippen molar-refractivity contribution in [1.82, 2.24) is 0 Å². The van der Waals surface area contributed by atoms with Gasteiger partial charge in [0.2, 0.25) is 0 Å². The summed E-state index contributed by atoms with van der Waals surface area (Å²) in [5.41, 5.74) is 0. The fourth-order valence-corrected chi connectivity index (χ4v) is 1.33. The lowest BCUT2D eigenvalue weighted by Crippen LogP contribution is -2.03. The summed E-state index contributed by atoms with van der Waals surface area (Å²) in [6.45, 7) is 3.76. The molecule has 0 N–H and O–H groups in total. The van der Waals surface area contributed by atoms with Crippen LogP contribution in [-0.4, -0.2) is 19.9 Å². The summed E-state index contributed by atoms with van der Waals surface area (Å²) in [4.78, 5) is 0. The van der Waals surface area contributed by atoms with Crippen LogP contribution in [-0.2, 0) is 9.05 Å². The Morgan fingerprint density at radius 1 is 1.43 bits per heavy atom. The second-order valence-corrected chi connectivity index (χ2v) is 2.86. The van der Waals surface area contributed by atoms with Gasteiger partial charge in [0, 0.05) is 9.52 Å². The van der Waals surface area contributed by atoms with Crippen LogP contribution in [0.4, 0.5) is 0 Å². The Balaban J connectivity index is 0. The van der Waals surface area contributed by atoms with Crippen molar-refractivity contribution in [2.24, 2.45) is 0 Å². The van der Waals surface area contributed by atoms with E-state index in [1.807, 2.05) is 6.66 Å². The Hall–Kier alpha value is 0.350. The molecule has 0 aromatic rings. The monoisotopic (exact) mass is 124 g/mol. The first-order chi connectivity index (χ1) is 3.39. The van der Waals surface area contributed by atoms with Gasteiger partial charge in [-0.3, -0.25) is 0 Å². The van der Waals surface area contributed by atoms with Gasteiger partial charge in [0.05, 0.1) is 13.2 Å². The molecule has 46 valence electrons. The van der Waals surface area contributed by atoms with Crippen molar-refractivity contribution >= 4 is 8.38 Å². The molecule has 1 rings (SSSR count). The van der Waals surface area contributed by atoms with Crippen LogP contribution in [0.15, 0.2) is 0 Å². The topological polar surface area (TPSA) is 18.5 Å². The van der Waals surface area contributed by atoms with E-state index in [2.05, 4.69) is 0 Å². The van der Waals surface area contributed by atoms with Gasteiger partial charge in [-0.25, -0.2) is 0 Å². The fraction of sp³-hybridized carbons (Fsp3) is 1.00. The largest absolute Gasteiger partial charge is 0.334 e. The minimum absolute atomic E-state index is 0. The van der Waals surface area contributed by atoms with Crippen LogP contribution < -0.4 is 0 Å². The molecular weight excluding hydrogens is 111 g/mol. The first-order valence-electron chi connectivity index (χ1n) is 2.39. The lowest BCUT2D eigenvalue weighted by Gasteiger charge is -2.17. The molecule has 0 spiro atoms. The van der Waals surface area contributed by atoms with Gasteiger partial charge in [-0.15, -0.1) is 0 Å². The number of rotatable bonds is 0. The first kappa shape index (κ1) is 5.49. The molecule has 2 nitrogen and oxygen atoms in total. The summed E-state index contributed by atoms with van der Waals surface area (Å²) >= 11 is 0. The fourth-order valence-electron chi connectivity index (χ4n) is 0.482. The molecule has 0 atom stereocenters. The van der Waals surface area contributed by atoms with E-state index in [4.69, 9.17) is 9.05 Å². The number of hydrogen-bond donors (Lipinski definition) is 0. The Kier molecular flexibility index (Phi) is 2.04. The Labute approximate surface area is 47.7 Å². The lowest BCUT2D eigenvalue weighted by atomic mass is 10.5. The van der Waals surface area contributed by atoms with E-state index in [9.17, 15) is 0 Å². The van der Waals surface area contributed by atoms with Crippen molar-refractivity contribution in [3.8, 4) is 0 Å². The zero-order valence-corrected chi connectivity index (χ0v) is 5.28. The maximum atomic E-state index is 5.12. The lowest BCUT2D eigenvalue weighted by molar-refractivity contribution is 0.185. The smallest absolute Gasteiger partial charge is 0.167 e. The van der Waals surface area contributed by atoms with Crippen molar-refractivity contribution in [1.29, 1.82) is 0 Å². The van der Waals surface area contributed by atoms with Gasteiger partial charge < -0.3 is 9.05 Å². The molecule has 0 aliphatic carbocycles. The standard InChI is InChI=1S/C4H9O2P.2H2/c1-7-5-3-2-4-6-7;;/h2-4H2,1H3;2*1H. The van der Waals surface area contributed by atoms with E-state index in [1.54, 1.807) is 0 Å². The molecule has 1 aliphatic heterocycles. The van der Waals surface area contributed by atoms with Crippen LogP contribution in [0.2, 0.25) is 0 Å². The van der Waals surface area contributed by atoms with Crippen LogP contribution in [0, 0.1) is 0 Å². The predicted molar refractivity (Wildman–Crippen MR) is 33.6 cm³/mol. The first-order valence-corrected chi connectivity index (χ1v) is 4.01. The Bertz CT molecular complexity index is 58.5. The van der Waals surface area contributed by atoms with E-state index in [-0.39, 0.29) is 2.85 Å². The Morgan fingerprint density at radius 3 is 2.29 bits per heavy atom. The van der Waals surface area contributed by atoms with Crippen LogP contribution in [0.5, 0.6) is 0 Å². The van der Waals surface area contributed by atoms with E-state index >= 15 is 0 Å². The number of hydrogen-bond acceptors (Lipinski definition) is 2. The molecule has 0 saturated carbocycles. The SMILES string of the molecule is CP1OCCCO1.[HH].[HH]. The zero-order valence-electron chi connectivity index (χ0n) is 4.39. The Morgan fingerprint density at radius 2 is 2.00 bits per heavy atom. The summed E-state index contributed by atoms with van der Waals surface area (Å²) in [7, 11) is -0.492.